The number of piperidine rings is 2. The van der Waals surface area contributed by atoms with Crippen molar-refractivity contribution in [3.05, 3.63) is 0 Å². The van der Waals surface area contributed by atoms with Crippen molar-refractivity contribution in [1.82, 2.24) is 15.5 Å². The highest BCUT2D eigenvalue weighted by Crippen LogP contribution is 2.32. The molecule has 0 aromatic rings. The summed E-state index contributed by atoms with van der Waals surface area (Å²) in [5.41, 5.74) is 0.125. The Hall–Kier alpha value is -0.650. The zero-order chi connectivity index (χ0) is 20.7. The molecule has 2 saturated heterocycles. The second-order valence-electron chi connectivity index (χ2n) is 11.4. The molecule has 2 aliphatic heterocycles. The van der Waals surface area contributed by atoms with E-state index in [1.165, 1.54) is 0 Å². The van der Waals surface area contributed by atoms with Crippen LogP contribution in [-0.4, -0.2) is 58.3 Å². The van der Waals surface area contributed by atoms with Crippen molar-refractivity contribution in [2.45, 2.75) is 122 Å². The number of esters is 1. The van der Waals surface area contributed by atoms with Gasteiger partial charge in [0, 0.05) is 41.0 Å². The highest BCUT2D eigenvalue weighted by molar-refractivity contribution is 5.72. The van der Waals surface area contributed by atoms with Gasteiger partial charge in [0.15, 0.2) is 0 Å². The number of ether oxygens (including phenoxy) is 1. The summed E-state index contributed by atoms with van der Waals surface area (Å²) in [7, 11) is 0. The lowest BCUT2D eigenvalue weighted by molar-refractivity contribution is -0.155. The van der Waals surface area contributed by atoms with Gasteiger partial charge in [0.25, 0.3) is 0 Å². The number of hydrogen-bond donors (Lipinski definition) is 2. The van der Waals surface area contributed by atoms with E-state index in [-0.39, 0.29) is 34.2 Å². The fourth-order valence-electron chi connectivity index (χ4n) is 5.73. The Kier molecular flexibility index (Phi) is 6.41. The quantitative estimate of drug-likeness (QED) is 0.714. The van der Waals surface area contributed by atoms with E-state index in [0.717, 1.165) is 32.2 Å². The van der Waals surface area contributed by atoms with Crippen LogP contribution in [0, 0.1) is 0 Å². The van der Waals surface area contributed by atoms with Crippen LogP contribution in [0.2, 0.25) is 0 Å². The summed E-state index contributed by atoms with van der Waals surface area (Å²) in [5, 5.41) is 7.38. The second kappa shape index (κ2) is 7.64. The van der Waals surface area contributed by atoms with E-state index < -0.39 is 0 Å². The van der Waals surface area contributed by atoms with Gasteiger partial charge < -0.3 is 15.4 Å². The molecule has 158 valence electrons. The average molecular weight is 382 g/mol. The molecule has 0 radical (unpaired) electrons. The molecule has 2 heterocycles. The topological polar surface area (TPSA) is 53.6 Å². The number of likely N-dealkylation sites (N-methyl/N-ethyl adjacent to an activating group) is 1. The Morgan fingerprint density at radius 2 is 1.26 bits per heavy atom. The molecule has 0 saturated carbocycles. The van der Waals surface area contributed by atoms with Crippen molar-refractivity contribution in [2.24, 2.45) is 0 Å². The van der Waals surface area contributed by atoms with Gasteiger partial charge >= 0.3 is 5.97 Å². The first kappa shape index (κ1) is 22.6. The number of nitrogens with one attached hydrogen (secondary N) is 2. The van der Waals surface area contributed by atoms with Gasteiger partial charge in [-0.05, 0) is 74.8 Å². The van der Waals surface area contributed by atoms with E-state index in [4.69, 9.17) is 4.74 Å². The molecule has 0 amide bonds. The first-order chi connectivity index (χ1) is 12.1. The Balaban J connectivity index is 1.98. The molecule has 2 aliphatic rings. The van der Waals surface area contributed by atoms with Crippen LogP contribution in [-0.2, 0) is 9.53 Å². The standard InChI is InChI=1S/C22H43N3O2/c1-10-25(16-11-19(2,3)23-20(4,5)12-16)15-18(26)27-17-13-21(6,7)24-22(8,9)14-17/h16-17,23-24H,10-15H2,1-9H3. The first-order valence-electron chi connectivity index (χ1n) is 10.6. The number of hydrogen-bond acceptors (Lipinski definition) is 5. The summed E-state index contributed by atoms with van der Waals surface area (Å²) in [5.74, 6) is -0.0792. The number of carbonyl (C=O) groups is 1. The molecule has 5 nitrogen and oxygen atoms in total. The Morgan fingerprint density at radius 3 is 1.67 bits per heavy atom. The van der Waals surface area contributed by atoms with Gasteiger partial charge in [-0.15, -0.1) is 0 Å². The van der Waals surface area contributed by atoms with Crippen LogP contribution < -0.4 is 10.6 Å². The van der Waals surface area contributed by atoms with Gasteiger partial charge in [-0.25, -0.2) is 0 Å². The molecule has 0 aromatic carbocycles. The SMILES string of the molecule is CCN(CC(=O)OC1CC(C)(C)NC(C)(C)C1)C1CC(C)(C)NC(C)(C)C1. The van der Waals surface area contributed by atoms with Crippen LogP contribution >= 0.6 is 0 Å². The molecular weight excluding hydrogens is 338 g/mol. The lowest BCUT2D eigenvalue weighted by Crippen LogP contribution is -2.62. The average Bonchev–Trinajstić information content (AvgIpc) is 2.37. The minimum atomic E-state index is -0.0792. The lowest BCUT2D eigenvalue weighted by atomic mass is 9.79. The Bertz CT molecular complexity index is 508. The molecule has 0 aromatic heterocycles. The van der Waals surface area contributed by atoms with Gasteiger partial charge in [0.05, 0.1) is 6.54 Å². The van der Waals surface area contributed by atoms with Crippen LogP contribution in [0.1, 0.15) is 88.0 Å². The fraction of sp³-hybridized carbons (Fsp3) is 0.955. The van der Waals surface area contributed by atoms with Crippen molar-refractivity contribution in [2.75, 3.05) is 13.1 Å². The molecular formula is C22H43N3O2. The largest absolute Gasteiger partial charge is 0.461 e. The van der Waals surface area contributed by atoms with Crippen LogP contribution in [0.15, 0.2) is 0 Å². The maximum absolute atomic E-state index is 12.8. The zero-order valence-electron chi connectivity index (χ0n) is 19.2. The van der Waals surface area contributed by atoms with E-state index in [9.17, 15) is 4.79 Å². The molecule has 27 heavy (non-hydrogen) atoms. The molecule has 5 heteroatoms. The van der Waals surface area contributed by atoms with Gasteiger partial charge in [-0.1, -0.05) is 6.92 Å². The third-order valence-corrected chi connectivity index (χ3v) is 5.87. The Morgan fingerprint density at radius 1 is 0.852 bits per heavy atom. The molecule has 0 spiro atoms. The summed E-state index contributed by atoms with van der Waals surface area (Å²) in [4.78, 5) is 15.1. The molecule has 2 rings (SSSR count). The maximum Gasteiger partial charge on any atom is 0.320 e. The fourth-order valence-corrected chi connectivity index (χ4v) is 5.73. The normalized spacial score (nSPS) is 27.5. The zero-order valence-corrected chi connectivity index (χ0v) is 19.2. The summed E-state index contributed by atoms with van der Waals surface area (Å²) in [6, 6.07) is 0.398. The van der Waals surface area contributed by atoms with Crippen molar-refractivity contribution >= 4 is 5.97 Å². The summed E-state index contributed by atoms with van der Waals surface area (Å²) >= 11 is 0. The summed E-state index contributed by atoms with van der Waals surface area (Å²) in [6.07, 6.45) is 3.81. The predicted octanol–water partition coefficient (Wildman–Crippen LogP) is 3.47. The van der Waals surface area contributed by atoms with Crippen LogP contribution in [0.4, 0.5) is 0 Å². The highest BCUT2D eigenvalue weighted by Gasteiger charge is 2.41. The third-order valence-electron chi connectivity index (χ3n) is 5.87. The smallest absolute Gasteiger partial charge is 0.320 e. The first-order valence-corrected chi connectivity index (χ1v) is 10.6. The van der Waals surface area contributed by atoms with Crippen LogP contribution in [0.3, 0.4) is 0 Å². The van der Waals surface area contributed by atoms with Gasteiger partial charge in [-0.3, -0.25) is 9.69 Å². The summed E-state index contributed by atoms with van der Waals surface area (Å²) in [6.45, 7) is 21.2. The highest BCUT2D eigenvalue weighted by atomic mass is 16.5. The van der Waals surface area contributed by atoms with Gasteiger partial charge in [0.2, 0.25) is 0 Å². The number of carbonyl (C=O) groups excluding carboxylic acids is 1. The van der Waals surface area contributed by atoms with Crippen LogP contribution in [0.25, 0.3) is 0 Å². The molecule has 0 atom stereocenters. The molecule has 0 bridgehead atoms. The van der Waals surface area contributed by atoms with E-state index in [1.807, 2.05) is 0 Å². The minimum Gasteiger partial charge on any atom is -0.461 e. The monoisotopic (exact) mass is 381 g/mol. The van der Waals surface area contributed by atoms with E-state index in [0.29, 0.717) is 12.6 Å². The maximum atomic E-state index is 12.8. The van der Waals surface area contributed by atoms with Crippen LogP contribution in [0.5, 0.6) is 0 Å². The predicted molar refractivity (Wildman–Crippen MR) is 112 cm³/mol. The second-order valence-corrected chi connectivity index (χ2v) is 11.4. The molecule has 0 unspecified atom stereocenters. The van der Waals surface area contributed by atoms with Crippen molar-refractivity contribution in [3.63, 3.8) is 0 Å². The third kappa shape index (κ3) is 6.72. The number of rotatable bonds is 5. The van der Waals surface area contributed by atoms with Crippen molar-refractivity contribution in [3.8, 4) is 0 Å². The minimum absolute atomic E-state index is 0.0108. The van der Waals surface area contributed by atoms with Gasteiger partial charge in [0.1, 0.15) is 6.10 Å². The Labute approximate surface area is 167 Å². The van der Waals surface area contributed by atoms with E-state index in [1.54, 1.807) is 0 Å². The molecule has 0 aliphatic carbocycles. The van der Waals surface area contributed by atoms with E-state index in [2.05, 4.69) is 77.8 Å². The van der Waals surface area contributed by atoms with Crippen molar-refractivity contribution < 1.29 is 9.53 Å². The number of nitrogens with zero attached hydrogens (tertiary/aromatic N) is 1. The molecule has 2 fully saturated rings. The van der Waals surface area contributed by atoms with Crippen molar-refractivity contribution in [1.29, 1.82) is 0 Å². The lowest BCUT2D eigenvalue weighted by Gasteiger charge is -2.49. The van der Waals surface area contributed by atoms with E-state index >= 15 is 0 Å². The van der Waals surface area contributed by atoms with Gasteiger partial charge in [-0.2, -0.15) is 0 Å². The molecule has 2 N–H and O–H groups in total. The summed E-state index contributed by atoms with van der Waals surface area (Å²) < 4.78 is 5.95.